The maximum absolute atomic E-state index is 11.7. The molecular weight excluding hydrogens is 258 g/mol. The van der Waals surface area contributed by atoms with Gasteiger partial charge in [0.1, 0.15) is 18.3 Å². The molecule has 1 aromatic rings. The summed E-state index contributed by atoms with van der Waals surface area (Å²) in [4.78, 5) is 11.6. The molecule has 98 valence electrons. The van der Waals surface area contributed by atoms with Crippen LogP contribution in [0.5, 0.6) is 5.75 Å². The van der Waals surface area contributed by atoms with E-state index >= 15 is 0 Å². The SMILES string of the molecule is CCOC(=O)C1COc2ccc(S(N)(=O)=O)cc21. The van der Waals surface area contributed by atoms with Crippen molar-refractivity contribution < 1.29 is 22.7 Å². The number of ether oxygens (including phenoxy) is 2. The van der Waals surface area contributed by atoms with Crippen molar-refractivity contribution in [1.29, 1.82) is 0 Å². The number of hydrogen-bond acceptors (Lipinski definition) is 5. The largest absolute Gasteiger partial charge is 0.492 e. The van der Waals surface area contributed by atoms with Gasteiger partial charge in [-0.15, -0.1) is 0 Å². The number of fused-ring (bicyclic) bond motifs is 1. The number of sulfonamides is 1. The first-order valence-corrected chi connectivity index (χ1v) is 6.94. The first-order valence-electron chi connectivity index (χ1n) is 5.39. The number of carbonyl (C=O) groups excluding carboxylic acids is 1. The van der Waals surface area contributed by atoms with E-state index in [2.05, 4.69) is 0 Å². The van der Waals surface area contributed by atoms with Gasteiger partial charge >= 0.3 is 5.97 Å². The van der Waals surface area contributed by atoms with Gasteiger partial charge in [-0.05, 0) is 25.1 Å². The third kappa shape index (κ3) is 2.32. The van der Waals surface area contributed by atoms with Crippen LogP contribution in [-0.4, -0.2) is 27.6 Å². The Labute approximate surface area is 105 Å². The molecule has 0 fully saturated rings. The molecule has 0 radical (unpaired) electrons. The van der Waals surface area contributed by atoms with Gasteiger partial charge in [0.25, 0.3) is 0 Å². The van der Waals surface area contributed by atoms with Crippen molar-refractivity contribution in [1.82, 2.24) is 0 Å². The van der Waals surface area contributed by atoms with Gasteiger partial charge in [-0.25, -0.2) is 13.6 Å². The van der Waals surface area contributed by atoms with Gasteiger partial charge in [0.05, 0.1) is 11.5 Å². The summed E-state index contributed by atoms with van der Waals surface area (Å²) in [6.45, 7) is 2.12. The summed E-state index contributed by atoms with van der Waals surface area (Å²) in [5.74, 6) is -0.537. The molecule has 0 amide bonds. The summed E-state index contributed by atoms with van der Waals surface area (Å²) < 4.78 is 32.7. The molecule has 2 rings (SSSR count). The van der Waals surface area contributed by atoms with E-state index in [9.17, 15) is 13.2 Å². The van der Waals surface area contributed by atoms with Crippen LogP contribution in [0.2, 0.25) is 0 Å². The zero-order chi connectivity index (χ0) is 13.3. The lowest BCUT2D eigenvalue weighted by Gasteiger charge is -2.08. The fourth-order valence-electron chi connectivity index (χ4n) is 1.81. The summed E-state index contributed by atoms with van der Waals surface area (Å²) in [5.41, 5.74) is 0.500. The molecule has 7 heteroatoms. The average molecular weight is 271 g/mol. The van der Waals surface area contributed by atoms with E-state index < -0.39 is 21.9 Å². The predicted molar refractivity (Wildman–Crippen MR) is 62.7 cm³/mol. The molecule has 1 unspecified atom stereocenters. The van der Waals surface area contributed by atoms with Crippen LogP contribution in [0.1, 0.15) is 18.4 Å². The van der Waals surface area contributed by atoms with Gasteiger partial charge < -0.3 is 9.47 Å². The minimum absolute atomic E-state index is 0.0407. The van der Waals surface area contributed by atoms with Crippen molar-refractivity contribution >= 4 is 16.0 Å². The minimum Gasteiger partial charge on any atom is -0.492 e. The molecule has 1 atom stereocenters. The Balaban J connectivity index is 2.39. The van der Waals surface area contributed by atoms with E-state index in [1.54, 1.807) is 6.92 Å². The van der Waals surface area contributed by atoms with Crippen LogP contribution < -0.4 is 9.88 Å². The lowest BCUT2D eigenvalue weighted by Crippen LogP contribution is -2.17. The molecule has 2 N–H and O–H groups in total. The highest BCUT2D eigenvalue weighted by Crippen LogP contribution is 2.35. The molecule has 1 aromatic carbocycles. The highest BCUT2D eigenvalue weighted by molar-refractivity contribution is 7.89. The molecule has 0 bridgehead atoms. The Hall–Kier alpha value is -1.60. The van der Waals surface area contributed by atoms with E-state index in [-0.39, 0.29) is 18.1 Å². The van der Waals surface area contributed by atoms with Crippen LogP contribution in [-0.2, 0) is 19.6 Å². The summed E-state index contributed by atoms with van der Waals surface area (Å²) in [6.07, 6.45) is 0. The Morgan fingerprint density at radius 3 is 2.89 bits per heavy atom. The lowest BCUT2D eigenvalue weighted by molar-refractivity contribution is -0.145. The second-order valence-corrected chi connectivity index (χ2v) is 5.42. The third-order valence-electron chi connectivity index (χ3n) is 2.66. The number of nitrogens with two attached hydrogens (primary N) is 1. The molecule has 0 saturated heterocycles. The number of primary sulfonamides is 1. The van der Waals surface area contributed by atoms with E-state index in [0.717, 1.165) is 0 Å². The van der Waals surface area contributed by atoms with Crippen LogP contribution in [0.15, 0.2) is 23.1 Å². The first-order chi connectivity index (χ1) is 8.43. The predicted octanol–water partition coefficient (Wildman–Crippen LogP) is 0.373. The van der Waals surface area contributed by atoms with Crippen LogP contribution in [0.25, 0.3) is 0 Å². The Kier molecular flexibility index (Phi) is 3.27. The van der Waals surface area contributed by atoms with E-state index in [1.165, 1.54) is 18.2 Å². The second-order valence-electron chi connectivity index (χ2n) is 3.86. The third-order valence-corrected chi connectivity index (χ3v) is 3.57. The lowest BCUT2D eigenvalue weighted by atomic mass is 10.0. The van der Waals surface area contributed by atoms with Gasteiger partial charge in [0.15, 0.2) is 0 Å². The molecule has 0 aliphatic carbocycles. The van der Waals surface area contributed by atoms with Crippen molar-refractivity contribution in [2.75, 3.05) is 13.2 Å². The van der Waals surface area contributed by atoms with Crippen molar-refractivity contribution in [2.45, 2.75) is 17.7 Å². The highest BCUT2D eigenvalue weighted by Gasteiger charge is 2.32. The monoisotopic (exact) mass is 271 g/mol. The van der Waals surface area contributed by atoms with Crippen molar-refractivity contribution in [2.24, 2.45) is 5.14 Å². The Morgan fingerprint density at radius 1 is 1.56 bits per heavy atom. The smallest absolute Gasteiger partial charge is 0.317 e. The van der Waals surface area contributed by atoms with Gasteiger partial charge in [-0.2, -0.15) is 0 Å². The molecule has 0 aromatic heterocycles. The second kappa shape index (κ2) is 4.58. The van der Waals surface area contributed by atoms with Crippen LogP contribution in [0.4, 0.5) is 0 Å². The molecule has 1 heterocycles. The van der Waals surface area contributed by atoms with Crippen LogP contribution in [0, 0.1) is 0 Å². The molecule has 18 heavy (non-hydrogen) atoms. The summed E-state index contributed by atoms with van der Waals surface area (Å²) >= 11 is 0. The molecule has 6 nitrogen and oxygen atoms in total. The normalized spacial score (nSPS) is 18.0. The standard InChI is InChI=1S/C11H13NO5S/c1-2-16-11(13)9-6-17-10-4-3-7(5-8(9)10)18(12,14)15/h3-5,9H,2,6H2,1H3,(H2,12,14,15). The molecule has 0 spiro atoms. The summed E-state index contributed by atoms with van der Waals surface area (Å²) in [7, 11) is -3.79. The van der Waals surface area contributed by atoms with Crippen LogP contribution in [0.3, 0.4) is 0 Å². The average Bonchev–Trinajstić information content (AvgIpc) is 2.70. The maximum Gasteiger partial charge on any atom is 0.317 e. The topological polar surface area (TPSA) is 95.7 Å². The molecule has 1 aliphatic heterocycles. The summed E-state index contributed by atoms with van der Waals surface area (Å²) in [5, 5.41) is 5.05. The number of esters is 1. The van der Waals surface area contributed by atoms with Gasteiger partial charge in [-0.1, -0.05) is 0 Å². The minimum atomic E-state index is -3.79. The first kappa shape index (κ1) is 12.8. The van der Waals surface area contributed by atoms with E-state index in [0.29, 0.717) is 11.3 Å². The van der Waals surface area contributed by atoms with Gasteiger partial charge in [0, 0.05) is 5.56 Å². The number of benzene rings is 1. The highest BCUT2D eigenvalue weighted by atomic mass is 32.2. The van der Waals surface area contributed by atoms with E-state index in [4.69, 9.17) is 14.6 Å². The number of carbonyl (C=O) groups is 1. The Morgan fingerprint density at radius 2 is 2.28 bits per heavy atom. The zero-order valence-corrected chi connectivity index (χ0v) is 10.6. The van der Waals surface area contributed by atoms with Crippen molar-refractivity contribution in [3.8, 4) is 5.75 Å². The van der Waals surface area contributed by atoms with E-state index in [1.807, 2.05) is 0 Å². The Bertz CT molecular complexity index is 581. The number of rotatable bonds is 3. The van der Waals surface area contributed by atoms with Crippen molar-refractivity contribution in [3.63, 3.8) is 0 Å². The number of hydrogen-bond donors (Lipinski definition) is 1. The summed E-state index contributed by atoms with van der Waals surface area (Å²) in [6, 6.07) is 4.20. The van der Waals surface area contributed by atoms with Crippen LogP contribution >= 0.6 is 0 Å². The fourth-order valence-corrected chi connectivity index (χ4v) is 2.36. The molecular formula is C11H13NO5S. The maximum atomic E-state index is 11.7. The van der Waals surface area contributed by atoms with Gasteiger partial charge in [0.2, 0.25) is 10.0 Å². The van der Waals surface area contributed by atoms with Crippen molar-refractivity contribution in [3.05, 3.63) is 23.8 Å². The molecule has 1 aliphatic rings. The fraction of sp³-hybridized carbons (Fsp3) is 0.364. The zero-order valence-electron chi connectivity index (χ0n) is 9.75. The quantitative estimate of drug-likeness (QED) is 0.801. The van der Waals surface area contributed by atoms with Gasteiger partial charge in [-0.3, -0.25) is 4.79 Å². The molecule has 0 saturated carbocycles.